The fourth-order valence-electron chi connectivity index (χ4n) is 2.70. The zero-order valence-electron chi connectivity index (χ0n) is 12.6. The molecule has 2 N–H and O–H groups in total. The van der Waals surface area contributed by atoms with E-state index in [1.54, 1.807) is 0 Å². The van der Waals surface area contributed by atoms with Crippen LogP contribution in [-0.4, -0.2) is 17.4 Å². The van der Waals surface area contributed by atoms with Gasteiger partial charge in [0.1, 0.15) is 18.4 Å². The lowest BCUT2D eigenvalue weighted by atomic mass is 9.91. The van der Waals surface area contributed by atoms with E-state index in [9.17, 15) is 9.90 Å². The maximum Gasteiger partial charge on any atom is 0.371 e. The van der Waals surface area contributed by atoms with E-state index < -0.39 is 5.97 Å². The van der Waals surface area contributed by atoms with Gasteiger partial charge >= 0.3 is 5.97 Å². The number of rotatable bonds is 5. The minimum absolute atomic E-state index is 0.0985. The molecule has 0 saturated carbocycles. The smallest absolute Gasteiger partial charge is 0.371 e. The zero-order valence-corrected chi connectivity index (χ0v) is 12.6. The van der Waals surface area contributed by atoms with E-state index in [4.69, 9.17) is 9.57 Å². The Morgan fingerprint density at radius 1 is 1.39 bits per heavy atom. The van der Waals surface area contributed by atoms with Crippen LogP contribution in [0.25, 0.3) is 0 Å². The summed E-state index contributed by atoms with van der Waals surface area (Å²) in [5, 5.41) is 9.37. The van der Waals surface area contributed by atoms with Gasteiger partial charge in [0.25, 0.3) is 0 Å². The first-order valence-electron chi connectivity index (χ1n) is 7.59. The number of hydrogen-bond acceptors (Lipinski definition) is 5. The van der Waals surface area contributed by atoms with Gasteiger partial charge in [0.2, 0.25) is 5.76 Å². The molecule has 1 heterocycles. The summed E-state index contributed by atoms with van der Waals surface area (Å²) in [5.74, 6) is -0.564. The summed E-state index contributed by atoms with van der Waals surface area (Å²) >= 11 is 0. The maximum absolute atomic E-state index is 11.4. The quantitative estimate of drug-likeness (QED) is 0.645. The second-order valence-corrected chi connectivity index (χ2v) is 5.38. The second kappa shape index (κ2) is 7.00. The van der Waals surface area contributed by atoms with Crippen LogP contribution < -0.4 is 10.2 Å². The van der Waals surface area contributed by atoms with Crippen LogP contribution in [-0.2, 0) is 22.5 Å². The lowest BCUT2D eigenvalue weighted by molar-refractivity contribution is -0.135. The lowest BCUT2D eigenvalue weighted by Crippen LogP contribution is -2.13. The normalized spacial score (nSPS) is 16.7. The molecule has 0 aromatic heterocycles. The van der Waals surface area contributed by atoms with Crippen LogP contribution in [0, 0.1) is 0 Å². The Morgan fingerprint density at radius 3 is 3.04 bits per heavy atom. The molecule has 2 aliphatic rings. The highest BCUT2D eigenvalue weighted by molar-refractivity contribution is 5.85. The molecule has 0 spiro atoms. The van der Waals surface area contributed by atoms with Crippen molar-refractivity contribution < 1.29 is 19.5 Å². The van der Waals surface area contributed by atoms with Gasteiger partial charge in [-0.2, -0.15) is 0 Å². The number of allylic oxidation sites excluding steroid dienone is 1. The molecule has 1 aromatic carbocycles. The SMILES string of the molecule is O=C(O)C(=CCC1=CONC=N1)Oc1cccc2c1CCCC2. The Bertz CT molecular complexity index is 692. The number of hydrogen-bond donors (Lipinski definition) is 2. The third kappa shape index (κ3) is 3.71. The number of nitrogens with one attached hydrogen (secondary N) is 1. The number of hydroxylamine groups is 1. The van der Waals surface area contributed by atoms with Crippen molar-refractivity contribution in [2.45, 2.75) is 32.1 Å². The molecule has 0 unspecified atom stereocenters. The summed E-state index contributed by atoms with van der Waals surface area (Å²) in [4.78, 5) is 20.4. The van der Waals surface area contributed by atoms with Crippen molar-refractivity contribution in [3.05, 3.63) is 53.1 Å². The van der Waals surface area contributed by atoms with Gasteiger partial charge in [-0.15, -0.1) is 0 Å². The Kier molecular flexibility index (Phi) is 4.61. The highest BCUT2D eigenvalue weighted by Crippen LogP contribution is 2.30. The number of fused-ring (bicyclic) bond motifs is 1. The van der Waals surface area contributed by atoms with Gasteiger partial charge in [-0.05, 0) is 49.0 Å². The molecule has 0 radical (unpaired) electrons. The molecule has 120 valence electrons. The first kappa shape index (κ1) is 15.1. The average molecular weight is 314 g/mol. The molecule has 23 heavy (non-hydrogen) atoms. The van der Waals surface area contributed by atoms with E-state index in [2.05, 4.69) is 16.5 Å². The first-order valence-corrected chi connectivity index (χ1v) is 7.59. The summed E-state index contributed by atoms with van der Waals surface area (Å²) in [7, 11) is 0. The molecule has 0 saturated heterocycles. The molecule has 6 heteroatoms. The van der Waals surface area contributed by atoms with Crippen LogP contribution in [0.3, 0.4) is 0 Å². The number of nitrogens with zero attached hydrogens (tertiary/aromatic N) is 1. The number of benzene rings is 1. The number of aryl methyl sites for hydroxylation is 1. The molecule has 1 aliphatic carbocycles. The van der Waals surface area contributed by atoms with E-state index in [-0.39, 0.29) is 5.76 Å². The Labute approximate surface area is 134 Å². The van der Waals surface area contributed by atoms with E-state index in [1.807, 2.05) is 12.1 Å². The molecule has 0 bridgehead atoms. The van der Waals surface area contributed by atoms with Crippen molar-refractivity contribution in [3.8, 4) is 5.75 Å². The van der Waals surface area contributed by atoms with Crippen LogP contribution >= 0.6 is 0 Å². The minimum atomic E-state index is -1.10. The number of carbonyl (C=O) groups is 1. The highest BCUT2D eigenvalue weighted by atomic mass is 16.6. The molecular formula is C17H18N2O4. The van der Waals surface area contributed by atoms with Gasteiger partial charge in [0, 0.05) is 6.42 Å². The van der Waals surface area contributed by atoms with E-state index in [0.717, 1.165) is 31.2 Å². The second-order valence-electron chi connectivity index (χ2n) is 5.38. The van der Waals surface area contributed by atoms with Crippen LogP contribution in [0.5, 0.6) is 5.75 Å². The van der Waals surface area contributed by atoms with Crippen LogP contribution in [0.4, 0.5) is 0 Å². The van der Waals surface area contributed by atoms with Crippen LogP contribution in [0.2, 0.25) is 0 Å². The molecule has 1 aromatic rings. The minimum Gasteiger partial charge on any atom is -0.475 e. The first-order chi connectivity index (χ1) is 11.2. The number of carboxylic acid groups (broad SMARTS) is 1. The monoisotopic (exact) mass is 314 g/mol. The molecule has 0 fully saturated rings. The van der Waals surface area contributed by atoms with Crippen LogP contribution in [0.15, 0.2) is 47.0 Å². The highest BCUT2D eigenvalue weighted by Gasteiger charge is 2.17. The fraction of sp³-hybridized carbons (Fsp3) is 0.294. The van der Waals surface area contributed by atoms with Crippen molar-refractivity contribution in [2.75, 3.05) is 0 Å². The van der Waals surface area contributed by atoms with Gasteiger partial charge in [0.05, 0.1) is 5.70 Å². The van der Waals surface area contributed by atoms with Crippen LogP contribution in [0.1, 0.15) is 30.4 Å². The Hall–Kier alpha value is -2.76. The molecule has 1 aliphatic heterocycles. The molecule has 0 amide bonds. The van der Waals surface area contributed by atoms with E-state index in [1.165, 1.54) is 24.2 Å². The van der Waals surface area contributed by atoms with Crippen molar-refractivity contribution in [1.82, 2.24) is 5.48 Å². The summed E-state index contributed by atoms with van der Waals surface area (Å²) < 4.78 is 5.69. The lowest BCUT2D eigenvalue weighted by Gasteiger charge is -2.19. The predicted octanol–water partition coefficient (Wildman–Crippen LogP) is 2.71. The van der Waals surface area contributed by atoms with Gasteiger partial charge < -0.3 is 14.7 Å². The maximum atomic E-state index is 11.4. The Balaban J connectivity index is 1.79. The zero-order chi connectivity index (χ0) is 16.1. The van der Waals surface area contributed by atoms with Gasteiger partial charge in [0.15, 0.2) is 0 Å². The van der Waals surface area contributed by atoms with Crippen molar-refractivity contribution >= 4 is 12.3 Å². The molecular weight excluding hydrogens is 296 g/mol. The third-order valence-corrected chi connectivity index (χ3v) is 3.83. The van der Waals surface area contributed by atoms with Gasteiger partial charge in [-0.25, -0.2) is 15.3 Å². The molecule has 3 rings (SSSR count). The predicted molar refractivity (Wildman–Crippen MR) is 84.8 cm³/mol. The van der Waals surface area contributed by atoms with Crippen molar-refractivity contribution in [3.63, 3.8) is 0 Å². The molecule has 0 atom stereocenters. The summed E-state index contributed by atoms with van der Waals surface area (Å²) in [6.07, 6.45) is 8.86. The number of aliphatic carboxylic acids is 1. The van der Waals surface area contributed by atoms with Crippen molar-refractivity contribution in [2.24, 2.45) is 4.99 Å². The summed E-state index contributed by atoms with van der Waals surface area (Å²) in [6.45, 7) is 0. The standard InChI is InChI=1S/C17H18N2O4/c20-17(21)16(9-8-13-10-22-19-11-18-13)23-15-7-3-5-12-4-1-2-6-14(12)15/h3,5,7,9-11H,1-2,4,6,8H2,(H,18,19)(H,20,21). The summed E-state index contributed by atoms with van der Waals surface area (Å²) in [6, 6.07) is 5.82. The van der Waals surface area contributed by atoms with E-state index >= 15 is 0 Å². The van der Waals surface area contributed by atoms with Gasteiger partial charge in [-0.1, -0.05) is 12.1 Å². The number of carboxylic acids is 1. The third-order valence-electron chi connectivity index (χ3n) is 3.83. The fourth-order valence-corrected chi connectivity index (χ4v) is 2.70. The van der Waals surface area contributed by atoms with Gasteiger partial charge in [-0.3, -0.25) is 0 Å². The van der Waals surface area contributed by atoms with E-state index in [0.29, 0.717) is 17.9 Å². The largest absolute Gasteiger partial charge is 0.475 e. The Morgan fingerprint density at radius 2 is 2.26 bits per heavy atom. The number of ether oxygens (including phenoxy) is 1. The number of aliphatic imine (C=N–C) groups is 1. The topological polar surface area (TPSA) is 80.2 Å². The van der Waals surface area contributed by atoms with Crippen molar-refractivity contribution in [1.29, 1.82) is 0 Å². The average Bonchev–Trinajstić information content (AvgIpc) is 2.59. The summed E-state index contributed by atoms with van der Waals surface area (Å²) in [5.41, 5.74) is 5.44. The molecule has 6 nitrogen and oxygen atoms in total.